The van der Waals surface area contributed by atoms with E-state index in [1.165, 1.54) is 22.3 Å². The molecule has 0 fully saturated rings. The summed E-state index contributed by atoms with van der Waals surface area (Å²) in [7, 11) is 0. The van der Waals surface area contributed by atoms with Gasteiger partial charge in [0.15, 0.2) is 17.5 Å². The molecular formula is C25H22BrN3. The van der Waals surface area contributed by atoms with Crippen molar-refractivity contribution in [2.24, 2.45) is 0 Å². The third kappa shape index (κ3) is 4.43. The minimum atomic E-state index is 0.677. The van der Waals surface area contributed by atoms with Gasteiger partial charge in [-0.15, -0.1) is 0 Å². The van der Waals surface area contributed by atoms with Gasteiger partial charge < -0.3 is 0 Å². The minimum absolute atomic E-state index is 0.677. The molecule has 4 rings (SSSR count). The standard InChI is InChI=1S/C25H22BrN3/c1-15-9-16(2)12-20(11-15)24-27-23(19-5-7-22(26)8-6-19)28-25(29-24)21-13-17(3)10-18(4)14-21/h5-14H,1-4H3. The summed E-state index contributed by atoms with van der Waals surface area (Å²) in [6.07, 6.45) is 0. The Morgan fingerprint density at radius 2 is 0.828 bits per heavy atom. The van der Waals surface area contributed by atoms with Crippen LogP contribution in [0.4, 0.5) is 0 Å². The SMILES string of the molecule is Cc1cc(C)cc(-c2nc(-c3ccc(Br)cc3)nc(-c3cc(C)cc(C)c3)n2)c1. The lowest BCUT2D eigenvalue weighted by atomic mass is 10.1. The lowest BCUT2D eigenvalue weighted by Crippen LogP contribution is -2.01. The Hall–Kier alpha value is -2.85. The summed E-state index contributed by atoms with van der Waals surface area (Å²) >= 11 is 3.50. The van der Waals surface area contributed by atoms with Crippen molar-refractivity contribution in [3.05, 3.63) is 87.4 Å². The zero-order valence-corrected chi connectivity index (χ0v) is 18.6. The Morgan fingerprint density at radius 1 is 0.483 bits per heavy atom. The number of nitrogens with zero attached hydrogens (tertiary/aromatic N) is 3. The number of hydrogen-bond acceptors (Lipinski definition) is 3. The van der Waals surface area contributed by atoms with Gasteiger partial charge in [-0.1, -0.05) is 62.4 Å². The zero-order valence-electron chi connectivity index (χ0n) is 17.0. The molecule has 0 aliphatic carbocycles. The number of hydrogen-bond donors (Lipinski definition) is 0. The molecule has 0 bridgehead atoms. The number of aryl methyl sites for hydroxylation is 4. The Kier molecular flexibility index (Phi) is 5.29. The number of benzene rings is 3. The lowest BCUT2D eigenvalue weighted by Gasteiger charge is -2.10. The fourth-order valence-electron chi connectivity index (χ4n) is 3.57. The van der Waals surface area contributed by atoms with Crippen LogP contribution >= 0.6 is 15.9 Å². The number of halogens is 1. The van der Waals surface area contributed by atoms with E-state index in [1.54, 1.807) is 0 Å². The fourth-order valence-corrected chi connectivity index (χ4v) is 3.83. The monoisotopic (exact) mass is 443 g/mol. The van der Waals surface area contributed by atoms with Crippen molar-refractivity contribution in [2.45, 2.75) is 27.7 Å². The van der Waals surface area contributed by atoms with Gasteiger partial charge in [0, 0.05) is 21.2 Å². The normalized spacial score (nSPS) is 10.9. The van der Waals surface area contributed by atoms with Crippen molar-refractivity contribution in [2.75, 3.05) is 0 Å². The molecule has 3 aromatic carbocycles. The van der Waals surface area contributed by atoms with Gasteiger partial charge >= 0.3 is 0 Å². The van der Waals surface area contributed by atoms with Crippen molar-refractivity contribution in [1.82, 2.24) is 15.0 Å². The largest absolute Gasteiger partial charge is 0.208 e. The van der Waals surface area contributed by atoms with E-state index in [2.05, 4.69) is 80.0 Å². The topological polar surface area (TPSA) is 38.7 Å². The van der Waals surface area contributed by atoms with E-state index in [0.717, 1.165) is 21.2 Å². The Morgan fingerprint density at radius 3 is 1.21 bits per heavy atom. The molecule has 0 saturated heterocycles. The molecule has 29 heavy (non-hydrogen) atoms. The van der Waals surface area contributed by atoms with Crippen LogP contribution in [0.5, 0.6) is 0 Å². The van der Waals surface area contributed by atoms with Crippen LogP contribution in [0.15, 0.2) is 65.1 Å². The summed E-state index contributed by atoms with van der Waals surface area (Å²) in [6, 6.07) is 20.9. The average Bonchev–Trinajstić information content (AvgIpc) is 2.67. The highest BCUT2D eigenvalue weighted by Crippen LogP contribution is 2.27. The van der Waals surface area contributed by atoms with Crippen molar-refractivity contribution in [1.29, 1.82) is 0 Å². The van der Waals surface area contributed by atoms with E-state index >= 15 is 0 Å². The minimum Gasteiger partial charge on any atom is -0.208 e. The van der Waals surface area contributed by atoms with Crippen LogP contribution in [0.3, 0.4) is 0 Å². The first-order valence-corrected chi connectivity index (χ1v) is 10.4. The highest BCUT2D eigenvalue weighted by Gasteiger charge is 2.13. The lowest BCUT2D eigenvalue weighted by molar-refractivity contribution is 1.07. The van der Waals surface area contributed by atoms with Gasteiger partial charge in [-0.25, -0.2) is 15.0 Å². The molecule has 1 heterocycles. The van der Waals surface area contributed by atoms with Gasteiger partial charge in [0.1, 0.15) is 0 Å². The van der Waals surface area contributed by atoms with E-state index in [4.69, 9.17) is 15.0 Å². The first-order chi connectivity index (χ1) is 13.9. The summed E-state index contributed by atoms with van der Waals surface area (Å²) in [5.41, 5.74) is 7.75. The van der Waals surface area contributed by atoms with Gasteiger partial charge in [0.05, 0.1) is 0 Å². The Labute approximate surface area is 180 Å². The van der Waals surface area contributed by atoms with Gasteiger partial charge in [0.2, 0.25) is 0 Å². The van der Waals surface area contributed by atoms with E-state index in [1.807, 2.05) is 24.3 Å². The third-order valence-corrected chi connectivity index (χ3v) is 5.23. The zero-order chi connectivity index (χ0) is 20.5. The Balaban J connectivity index is 1.95. The molecule has 0 amide bonds. The molecule has 144 valence electrons. The highest BCUT2D eigenvalue weighted by molar-refractivity contribution is 9.10. The summed E-state index contributed by atoms with van der Waals surface area (Å²) in [5.74, 6) is 2.06. The van der Waals surface area contributed by atoms with Gasteiger partial charge in [-0.3, -0.25) is 0 Å². The average molecular weight is 444 g/mol. The second-order valence-corrected chi connectivity index (χ2v) is 8.48. The van der Waals surface area contributed by atoms with Crippen molar-refractivity contribution >= 4 is 15.9 Å². The molecule has 0 unspecified atom stereocenters. The maximum absolute atomic E-state index is 4.85. The van der Waals surface area contributed by atoms with Crippen LogP contribution in [0.25, 0.3) is 34.2 Å². The maximum atomic E-state index is 4.85. The summed E-state index contributed by atoms with van der Waals surface area (Å²) in [6.45, 7) is 8.38. The van der Waals surface area contributed by atoms with Gasteiger partial charge in [-0.2, -0.15) is 0 Å². The van der Waals surface area contributed by atoms with Gasteiger partial charge in [-0.05, 0) is 64.1 Å². The second-order valence-electron chi connectivity index (χ2n) is 7.57. The molecule has 0 saturated carbocycles. The fraction of sp³-hybridized carbons (Fsp3) is 0.160. The van der Waals surface area contributed by atoms with Crippen LogP contribution in [-0.2, 0) is 0 Å². The number of aromatic nitrogens is 3. The van der Waals surface area contributed by atoms with E-state index in [0.29, 0.717) is 17.5 Å². The van der Waals surface area contributed by atoms with Crippen molar-refractivity contribution < 1.29 is 0 Å². The Bertz CT molecular complexity index is 1090. The van der Waals surface area contributed by atoms with E-state index in [-0.39, 0.29) is 0 Å². The van der Waals surface area contributed by atoms with Crippen molar-refractivity contribution in [3.8, 4) is 34.2 Å². The molecule has 0 aliphatic rings. The predicted octanol–water partition coefficient (Wildman–Crippen LogP) is 6.87. The van der Waals surface area contributed by atoms with Crippen LogP contribution in [0.2, 0.25) is 0 Å². The number of rotatable bonds is 3. The second kappa shape index (κ2) is 7.88. The maximum Gasteiger partial charge on any atom is 0.164 e. The molecular weight excluding hydrogens is 422 g/mol. The smallest absolute Gasteiger partial charge is 0.164 e. The molecule has 0 spiro atoms. The van der Waals surface area contributed by atoms with Gasteiger partial charge in [0.25, 0.3) is 0 Å². The molecule has 4 heteroatoms. The van der Waals surface area contributed by atoms with Crippen LogP contribution in [-0.4, -0.2) is 15.0 Å². The molecule has 0 N–H and O–H groups in total. The van der Waals surface area contributed by atoms with E-state index < -0.39 is 0 Å². The molecule has 4 aromatic rings. The van der Waals surface area contributed by atoms with Crippen LogP contribution in [0, 0.1) is 27.7 Å². The first kappa shape index (κ1) is 19.5. The van der Waals surface area contributed by atoms with Crippen molar-refractivity contribution in [3.63, 3.8) is 0 Å². The molecule has 3 nitrogen and oxygen atoms in total. The summed E-state index contributed by atoms with van der Waals surface area (Å²) in [4.78, 5) is 14.5. The quantitative estimate of drug-likeness (QED) is 0.346. The van der Waals surface area contributed by atoms with Crippen LogP contribution < -0.4 is 0 Å². The summed E-state index contributed by atoms with van der Waals surface area (Å²) < 4.78 is 1.03. The summed E-state index contributed by atoms with van der Waals surface area (Å²) in [5, 5.41) is 0. The molecule has 0 aliphatic heterocycles. The van der Waals surface area contributed by atoms with E-state index in [9.17, 15) is 0 Å². The molecule has 0 radical (unpaired) electrons. The third-order valence-electron chi connectivity index (χ3n) is 4.70. The first-order valence-electron chi connectivity index (χ1n) is 9.57. The predicted molar refractivity (Wildman–Crippen MR) is 123 cm³/mol. The molecule has 0 atom stereocenters. The van der Waals surface area contributed by atoms with Crippen LogP contribution in [0.1, 0.15) is 22.3 Å². The highest BCUT2D eigenvalue weighted by atomic mass is 79.9. The molecule has 1 aromatic heterocycles.